The van der Waals surface area contributed by atoms with E-state index in [0.717, 1.165) is 30.7 Å². The number of hydrogen-bond donors (Lipinski definition) is 2. The molecule has 1 aliphatic rings. The molecule has 1 fully saturated rings. The molecule has 0 radical (unpaired) electrons. The van der Waals surface area contributed by atoms with Gasteiger partial charge in [0, 0.05) is 12.1 Å². The maximum atomic E-state index is 10.5. The average molecular weight is 242 g/mol. The zero-order valence-corrected chi connectivity index (χ0v) is 9.79. The summed E-state index contributed by atoms with van der Waals surface area (Å²) in [7, 11) is 0. The Balaban J connectivity index is 1.95. The minimum Gasteiger partial charge on any atom is -0.358 e. The maximum absolute atomic E-state index is 10.5. The van der Waals surface area contributed by atoms with Gasteiger partial charge in [-0.3, -0.25) is 10.1 Å². The van der Waals surface area contributed by atoms with Gasteiger partial charge < -0.3 is 10.6 Å². The molecule has 0 aromatic carbocycles. The highest BCUT2D eigenvalue weighted by atomic mass is 32.1. The lowest BCUT2D eigenvalue weighted by molar-refractivity contribution is -0.380. The summed E-state index contributed by atoms with van der Waals surface area (Å²) >= 11 is 1.09. The van der Waals surface area contributed by atoms with E-state index >= 15 is 0 Å². The second-order valence-corrected chi connectivity index (χ2v) is 4.99. The van der Waals surface area contributed by atoms with Gasteiger partial charge in [0.2, 0.25) is 0 Å². The Labute approximate surface area is 97.2 Å². The van der Waals surface area contributed by atoms with E-state index < -0.39 is 4.92 Å². The Hall–Kier alpha value is -1.21. The molecule has 0 spiro atoms. The van der Waals surface area contributed by atoms with Crippen molar-refractivity contribution in [3.05, 3.63) is 16.3 Å². The number of nitro groups is 1. The van der Waals surface area contributed by atoms with E-state index in [0.29, 0.717) is 17.2 Å². The summed E-state index contributed by atoms with van der Waals surface area (Å²) in [6.07, 6.45) is 3.35. The monoisotopic (exact) mass is 242 g/mol. The van der Waals surface area contributed by atoms with Crippen molar-refractivity contribution in [3.8, 4) is 0 Å². The van der Waals surface area contributed by atoms with E-state index in [1.165, 1.54) is 6.20 Å². The smallest absolute Gasteiger partial charge is 0.345 e. The molecular weight excluding hydrogens is 228 g/mol. The normalized spacial score (nSPS) is 25.3. The molecule has 1 aromatic heterocycles. The lowest BCUT2D eigenvalue weighted by Gasteiger charge is -2.28. The number of piperidine rings is 1. The first-order chi connectivity index (χ1) is 7.65. The summed E-state index contributed by atoms with van der Waals surface area (Å²) in [5.41, 5.74) is 0. The van der Waals surface area contributed by atoms with Gasteiger partial charge in [-0.2, -0.15) is 0 Å². The predicted molar refractivity (Wildman–Crippen MR) is 62.9 cm³/mol. The maximum Gasteiger partial charge on any atom is 0.345 e. The number of thiazole rings is 1. The molecule has 88 valence electrons. The van der Waals surface area contributed by atoms with E-state index in [9.17, 15) is 10.1 Å². The highest BCUT2D eigenvalue weighted by Crippen LogP contribution is 2.26. The Morgan fingerprint density at radius 1 is 1.75 bits per heavy atom. The van der Waals surface area contributed by atoms with Crippen LogP contribution in [0.2, 0.25) is 0 Å². The average Bonchev–Trinajstić information content (AvgIpc) is 2.66. The molecule has 0 aliphatic carbocycles. The molecule has 2 rings (SSSR count). The molecule has 16 heavy (non-hydrogen) atoms. The van der Waals surface area contributed by atoms with Crippen molar-refractivity contribution in [1.29, 1.82) is 0 Å². The number of anilines is 1. The summed E-state index contributed by atoms with van der Waals surface area (Å²) in [6.45, 7) is 3.12. The molecule has 2 heterocycles. The number of nitrogens with zero attached hydrogens (tertiary/aromatic N) is 2. The Morgan fingerprint density at radius 3 is 3.19 bits per heavy atom. The summed E-state index contributed by atoms with van der Waals surface area (Å²) < 4.78 is 0. The topological polar surface area (TPSA) is 80.1 Å². The highest BCUT2D eigenvalue weighted by molar-refractivity contribution is 7.18. The number of aromatic nitrogens is 1. The van der Waals surface area contributed by atoms with Gasteiger partial charge in [-0.1, -0.05) is 0 Å². The van der Waals surface area contributed by atoms with E-state index in [4.69, 9.17) is 0 Å². The van der Waals surface area contributed by atoms with Crippen LogP contribution in [0.25, 0.3) is 0 Å². The number of nitrogens with one attached hydrogen (secondary N) is 2. The van der Waals surface area contributed by atoms with E-state index in [1.54, 1.807) is 0 Å². The third-order valence-corrected chi connectivity index (χ3v) is 3.50. The highest BCUT2D eigenvalue weighted by Gasteiger charge is 2.20. The van der Waals surface area contributed by atoms with E-state index in [1.807, 2.05) is 0 Å². The van der Waals surface area contributed by atoms with Crippen LogP contribution in [0.15, 0.2) is 6.20 Å². The zero-order chi connectivity index (χ0) is 11.5. The number of hydrogen-bond acceptors (Lipinski definition) is 6. The second-order valence-electron chi connectivity index (χ2n) is 3.98. The molecule has 1 saturated heterocycles. The molecule has 0 amide bonds. The lowest BCUT2D eigenvalue weighted by atomic mass is 10.0. The van der Waals surface area contributed by atoms with Crippen LogP contribution >= 0.6 is 11.3 Å². The van der Waals surface area contributed by atoms with Gasteiger partial charge in [-0.25, -0.2) is 4.98 Å². The fourth-order valence-corrected chi connectivity index (χ4v) is 2.56. The minimum absolute atomic E-state index is 0.0875. The van der Waals surface area contributed by atoms with Crippen molar-refractivity contribution in [2.45, 2.75) is 31.8 Å². The van der Waals surface area contributed by atoms with Crippen molar-refractivity contribution in [3.63, 3.8) is 0 Å². The van der Waals surface area contributed by atoms with Crippen LogP contribution in [0.5, 0.6) is 0 Å². The van der Waals surface area contributed by atoms with Crippen LogP contribution in [0.4, 0.5) is 10.1 Å². The van der Waals surface area contributed by atoms with Crippen LogP contribution < -0.4 is 10.6 Å². The first-order valence-electron chi connectivity index (χ1n) is 5.25. The third-order valence-electron chi connectivity index (χ3n) is 2.62. The molecular formula is C9H14N4O2S. The summed E-state index contributed by atoms with van der Waals surface area (Å²) in [4.78, 5) is 14.1. The Bertz CT molecular complexity index is 381. The van der Waals surface area contributed by atoms with Crippen LogP contribution in [-0.4, -0.2) is 28.5 Å². The van der Waals surface area contributed by atoms with Crippen LogP contribution in [-0.2, 0) is 0 Å². The van der Waals surface area contributed by atoms with Gasteiger partial charge in [0.25, 0.3) is 0 Å². The SMILES string of the molecule is CC1CC(Nc2ncc([N+](=O)[O-])s2)CCN1. The molecule has 2 unspecified atom stereocenters. The molecule has 0 bridgehead atoms. The third kappa shape index (κ3) is 2.67. The van der Waals surface area contributed by atoms with Gasteiger partial charge >= 0.3 is 5.00 Å². The molecule has 2 atom stereocenters. The first kappa shape index (κ1) is 11.3. The summed E-state index contributed by atoms with van der Waals surface area (Å²) in [5.74, 6) is 0. The fourth-order valence-electron chi connectivity index (χ4n) is 1.85. The first-order valence-corrected chi connectivity index (χ1v) is 6.07. The van der Waals surface area contributed by atoms with E-state index in [-0.39, 0.29) is 5.00 Å². The second kappa shape index (κ2) is 4.75. The molecule has 0 saturated carbocycles. The van der Waals surface area contributed by atoms with Crippen LogP contribution in [0, 0.1) is 10.1 Å². The van der Waals surface area contributed by atoms with Gasteiger partial charge in [0.1, 0.15) is 6.20 Å². The molecule has 2 N–H and O–H groups in total. The Kier molecular flexibility index (Phi) is 3.35. The molecule has 1 aromatic rings. The fraction of sp³-hybridized carbons (Fsp3) is 0.667. The zero-order valence-electron chi connectivity index (χ0n) is 8.97. The quantitative estimate of drug-likeness (QED) is 0.621. The van der Waals surface area contributed by atoms with E-state index in [2.05, 4.69) is 22.5 Å². The Morgan fingerprint density at radius 2 is 2.56 bits per heavy atom. The van der Waals surface area contributed by atoms with Crippen molar-refractivity contribution >= 4 is 21.5 Å². The molecule has 6 nitrogen and oxygen atoms in total. The molecule has 1 aliphatic heterocycles. The van der Waals surface area contributed by atoms with Crippen molar-refractivity contribution < 1.29 is 4.92 Å². The summed E-state index contributed by atoms with van der Waals surface area (Å²) in [5, 5.41) is 17.8. The lowest BCUT2D eigenvalue weighted by Crippen LogP contribution is -2.41. The number of rotatable bonds is 3. The van der Waals surface area contributed by atoms with Gasteiger partial charge in [0.05, 0.1) is 4.92 Å². The van der Waals surface area contributed by atoms with Crippen LogP contribution in [0.1, 0.15) is 19.8 Å². The van der Waals surface area contributed by atoms with Crippen molar-refractivity contribution in [1.82, 2.24) is 10.3 Å². The minimum atomic E-state index is -0.409. The summed E-state index contributed by atoms with van der Waals surface area (Å²) in [6, 6.07) is 0.850. The van der Waals surface area contributed by atoms with Gasteiger partial charge in [0.15, 0.2) is 5.13 Å². The largest absolute Gasteiger partial charge is 0.358 e. The van der Waals surface area contributed by atoms with Crippen molar-refractivity contribution in [2.75, 3.05) is 11.9 Å². The van der Waals surface area contributed by atoms with Crippen molar-refractivity contribution in [2.24, 2.45) is 0 Å². The molecule has 7 heteroatoms. The van der Waals surface area contributed by atoms with Gasteiger partial charge in [-0.05, 0) is 37.6 Å². The predicted octanol–water partition coefficient (Wildman–Crippen LogP) is 1.60. The van der Waals surface area contributed by atoms with Crippen LogP contribution in [0.3, 0.4) is 0 Å². The standard InChI is InChI=1S/C9H14N4O2S/c1-6-4-7(2-3-10-6)12-9-11-5-8(16-9)13(14)15/h5-7,10H,2-4H2,1H3,(H,11,12). The van der Waals surface area contributed by atoms with Gasteiger partial charge in [-0.15, -0.1) is 0 Å².